The number of amides is 2. The molecule has 0 aliphatic rings. The number of methoxy groups -OCH3 is 3. The monoisotopic (exact) mass is 359 g/mol. The summed E-state index contributed by atoms with van der Waals surface area (Å²) in [7, 11) is 4.59. The van der Waals surface area contributed by atoms with E-state index >= 15 is 0 Å². The molecular weight excluding hydrogens is 338 g/mol. The van der Waals surface area contributed by atoms with Gasteiger partial charge in [-0.1, -0.05) is 0 Å². The van der Waals surface area contributed by atoms with E-state index in [2.05, 4.69) is 15.6 Å². The predicted molar refractivity (Wildman–Crippen MR) is 95.9 cm³/mol. The molecule has 0 saturated carbocycles. The molecule has 8 nitrogen and oxygen atoms in total. The van der Waals surface area contributed by atoms with Crippen LogP contribution < -0.4 is 20.1 Å². The van der Waals surface area contributed by atoms with Crippen LogP contribution in [0, 0.1) is 0 Å². The summed E-state index contributed by atoms with van der Waals surface area (Å²) in [5.74, 6) is 0.302. The lowest BCUT2D eigenvalue weighted by Gasteiger charge is -2.11. The van der Waals surface area contributed by atoms with Crippen LogP contribution in [-0.4, -0.2) is 51.3 Å². The zero-order chi connectivity index (χ0) is 18.9. The quantitative estimate of drug-likeness (QED) is 0.697. The van der Waals surface area contributed by atoms with Gasteiger partial charge >= 0.3 is 0 Å². The fourth-order valence-corrected chi connectivity index (χ4v) is 2.17. The van der Waals surface area contributed by atoms with Gasteiger partial charge in [-0.25, -0.2) is 0 Å². The van der Waals surface area contributed by atoms with E-state index in [0.29, 0.717) is 35.9 Å². The molecule has 0 fully saturated rings. The van der Waals surface area contributed by atoms with Gasteiger partial charge in [0, 0.05) is 37.2 Å². The molecule has 0 saturated heterocycles. The van der Waals surface area contributed by atoms with Crippen LogP contribution in [-0.2, 0) is 4.74 Å². The van der Waals surface area contributed by atoms with E-state index in [4.69, 9.17) is 14.2 Å². The molecule has 0 bridgehead atoms. The number of anilines is 1. The van der Waals surface area contributed by atoms with E-state index in [0.717, 1.165) is 0 Å². The third-order valence-corrected chi connectivity index (χ3v) is 3.49. The number of aromatic nitrogens is 1. The van der Waals surface area contributed by atoms with Gasteiger partial charge in [-0.2, -0.15) is 0 Å². The minimum absolute atomic E-state index is 0.124. The number of carbonyl (C=O) groups is 2. The van der Waals surface area contributed by atoms with Crippen LogP contribution in [0.15, 0.2) is 36.5 Å². The second kappa shape index (κ2) is 9.38. The van der Waals surface area contributed by atoms with Crippen LogP contribution >= 0.6 is 0 Å². The molecule has 0 aliphatic carbocycles. The summed E-state index contributed by atoms with van der Waals surface area (Å²) < 4.78 is 15.2. The standard InChI is InChI=1S/C18H21N3O5/c1-24-9-8-20-17(22)12-6-7-19-14(10-12)18(23)21-13-4-5-15(25-2)16(11-13)26-3/h4-7,10-11H,8-9H2,1-3H3,(H,20,22)(H,21,23). The Morgan fingerprint density at radius 1 is 1.00 bits per heavy atom. The fourth-order valence-electron chi connectivity index (χ4n) is 2.17. The second-order valence-electron chi connectivity index (χ2n) is 5.20. The van der Waals surface area contributed by atoms with Crippen molar-refractivity contribution in [3.8, 4) is 11.5 Å². The summed E-state index contributed by atoms with van der Waals surface area (Å²) in [6, 6.07) is 7.97. The molecule has 2 amide bonds. The Balaban J connectivity index is 2.10. The molecule has 2 N–H and O–H groups in total. The highest BCUT2D eigenvalue weighted by molar-refractivity contribution is 6.04. The number of hydrogen-bond donors (Lipinski definition) is 2. The summed E-state index contributed by atoms with van der Waals surface area (Å²) in [6.45, 7) is 0.786. The maximum Gasteiger partial charge on any atom is 0.274 e. The topological polar surface area (TPSA) is 98.8 Å². The number of rotatable bonds is 8. The van der Waals surface area contributed by atoms with Gasteiger partial charge in [0.25, 0.3) is 11.8 Å². The van der Waals surface area contributed by atoms with Crippen LogP contribution in [0.5, 0.6) is 11.5 Å². The Labute approximate surface area is 151 Å². The number of hydrogen-bond acceptors (Lipinski definition) is 6. The van der Waals surface area contributed by atoms with Crippen molar-refractivity contribution >= 4 is 17.5 Å². The van der Waals surface area contributed by atoms with Gasteiger partial charge in [0.15, 0.2) is 11.5 Å². The summed E-state index contributed by atoms with van der Waals surface area (Å²) in [6.07, 6.45) is 1.41. The molecule has 138 valence electrons. The second-order valence-corrected chi connectivity index (χ2v) is 5.20. The van der Waals surface area contributed by atoms with Crippen LogP contribution in [0.2, 0.25) is 0 Å². The lowest BCUT2D eigenvalue weighted by molar-refractivity contribution is 0.0937. The summed E-state index contributed by atoms with van der Waals surface area (Å²) >= 11 is 0. The molecule has 1 aromatic heterocycles. The molecule has 26 heavy (non-hydrogen) atoms. The Hall–Kier alpha value is -3.13. The molecule has 0 aliphatic heterocycles. The van der Waals surface area contributed by atoms with Gasteiger partial charge in [-0.05, 0) is 24.3 Å². The molecule has 1 heterocycles. The highest BCUT2D eigenvalue weighted by atomic mass is 16.5. The van der Waals surface area contributed by atoms with Gasteiger partial charge in [-0.15, -0.1) is 0 Å². The lowest BCUT2D eigenvalue weighted by atomic mass is 10.2. The van der Waals surface area contributed by atoms with Gasteiger partial charge in [0.2, 0.25) is 0 Å². The molecule has 2 aromatic rings. The molecule has 0 unspecified atom stereocenters. The molecule has 1 aromatic carbocycles. The highest BCUT2D eigenvalue weighted by Crippen LogP contribution is 2.29. The minimum Gasteiger partial charge on any atom is -0.493 e. The van der Waals surface area contributed by atoms with Gasteiger partial charge < -0.3 is 24.8 Å². The maximum atomic E-state index is 12.4. The molecule has 0 radical (unpaired) electrons. The maximum absolute atomic E-state index is 12.4. The van der Waals surface area contributed by atoms with Crippen molar-refractivity contribution in [2.45, 2.75) is 0 Å². The van der Waals surface area contributed by atoms with Crippen LogP contribution in [0.4, 0.5) is 5.69 Å². The zero-order valence-electron chi connectivity index (χ0n) is 14.9. The smallest absolute Gasteiger partial charge is 0.274 e. The fraction of sp³-hybridized carbons (Fsp3) is 0.278. The van der Waals surface area contributed by atoms with Crippen molar-refractivity contribution in [1.82, 2.24) is 10.3 Å². The minimum atomic E-state index is -0.441. The summed E-state index contributed by atoms with van der Waals surface area (Å²) in [4.78, 5) is 28.5. The van der Waals surface area contributed by atoms with E-state index in [1.807, 2.05) is 0 Å². The average molecular weight is 359 g/mol. The Morgan fingerprint density at radius 3 is 2.46 bits per heavy atom. The van der Waals surface area contributed by atoms with E-state index in [1.54, 1.807) is 25.3 Å². The first-order chi connectivity index (χ1) is 12.6. The number of carbonyl (C=O) groups excluding carboxylic acids is 2. The Kier molecular flexibility index (Phi) is 6.92. The summed E-state index contributed by atoms with van der Waals surface area (Å²) in [5.41, 5.74) is 0.983. The van der Waals surface area contributed by atoms with Crippen LogP contribution in [0.3, 0.4) is 0 Å². The van der Waals surface area contributed by atoms with Crippen LogP contribution in [0.1, 0.15) is 20.8 Å². The third kappa shape index (κ3) is 4.93. The molecular formula is C18H21N3O5. The largest absolute Gasteiger partial charge is 0.493 e. The highest BCUT2D eigenvalue weighted by Gasteiger charge is 2.13. The third-order valence-electron chi connectivity index (χ3n) is 3.49. The molecule has 0 atom stereocenters. The first-order valence-corrected chi connectivity index (χ1v) is 7.85. The lowest BCUT2D eigenvalue weighted by Crippen LogP contribution is -2.27. The molecule has 2 rings (SSSR count). The Morgan fingerprint density at radius 2 is 1.77 bits per heavy atom. The van der Waals surface area contributed by atoms with E-state index < -0.39 is 5.91 Å². The number of pyridine rings is 1. The van der Waals surface area contributed by atoms with E-state index in [9.17, 15) is 9.59 Å². The van der Waals surface area contributed by atoms with Crippen molar-refractivity contribution in [1.29, 1.82) is 0 Å². The summed E-state index contributed by atoms with van der Waals surface area (Å²) in [5, 5.41) is 5.40. The van der Waals surface area contributed by atoms with Crippen molar-refractivity contribution < 1.29 is 23.8 Å². The number of nitrogens with one attached hydrogen (secondary N) is 2. The Bertz CT molecular complexity index is 779. The number of nitrogens with zero attached hydrogens (tertiary/aromatic N) is 1. The number of benzene rings is 1. The molecule has 0 spiro atoms. The van der Waals surface area contributed by atoms with Crippen molar-refractivity contribution in [3.63, 3.8) is 0 Å². The average Bonchev–Trinajstić information content (AvgIpc) is 2.68. The van der Waals surface area contributed by atoms with E-state index in [-0.39, 0.29) is 11.6 Å². The van der Waals surface area contributed by atoms with Gasteiger partial charge in [0.1, 0.15) is 5.69 Å². The van der Waals surface area contributed by atoms with Crippen LogP contribution in [0.25, 0.3) is 0 Å². The first-order valence-electron chi connectivity index (χ1n) is 7.85. The normalized spacial score (nSPS) is 10.1. The SMILES string of the molecule is COCCNC(=O)c1ccnc(C(=O)Nc2ccc(OC)c(OC)c2)c1. The first kappa shape index (κ1) is 19.2. The van der Waals surface area contributed by atoms with Crippen molar-refractivity contribution in [2.24, 2.45) is 0 Å². The van der Waals surface area contributed by atoms with Gasteiger partial charge in [-0.3, -0.25) is 14.6 Å². The zero-order valence-corrected chi connectivity index (χ0v) is 14.9. The number of ether oxygens (including phenoxy) is 3. The van der Waals surface area contributed by atoms with E-state index in [1.165, 1.54) is 32.5 Å². The predicted octanol–water partition coefficient (Wildman–Crippen LogP) is 1.73. The van der Waals surface area contributed by atoms with Crippen molar-refractivity contribution in [3.05, 3.63) is 47.8 Å². The molecule has 8 heteroatoms. The van der Waals surface area contributed by atoms with Gasteiger partial charge in [0.05, 0.1) is 20.8 Å². The van der Waals surface area contributed by atoms with Crippen molar-refractivity contribution in [2.75, 3.05) is 39.8 Å².